The van der Waals surface area contributed by atoms with E-state index in [0.717, 1.165) is 5.56 Å². The summed E-state index contributed by atoms with van der Waals surface area (Å²) in [4.78, 5) is 24.6. The first-order chi connectivity index (χ1) is 10.1. The Morgan fingerprint density at radius 2 is 2.14 bits per heavy atom. The van der Waals surface area contributed by atoms with E-state index in [0.29, 0.717) is 13.2 Å². The third-order valence-corrected chi connectivity index (χ3v) is 3.34. The largest absolute Gasteiger partial charge is 0.479 e. The van der Waals surface area contributed by atoms with Gasteiger partial charge < -0.3 is 19.5 Å². The highest BCUT2D eigenvalue weighted by Crippen LogP contribution is 2.10. The zero-order valence-corrected chi connectivity index (χ0v) is 11.9. The fourth-order valence-electron chi connectivity index (χ4n) is 2.12. The van der Waals surface area contributed by atoms with Crippen molar-refractivity contribution >= 4 is 11.9 Å². The molecule has 1 aliphatic heterocycles. The summed E-state index contributed by atoms with van der Waals surface area (Å²) in [5.41, 5.74) is 0.988. The van der Waals surface area contributed by atoms with Gasteiger partial charge in [-0.2, -0.15) is 0 Å². The van der Waals surface area contributed by atoms with Gasteiger partial charge in [-0.15, -0.1) is 0 Å². The van der Waals surface area contributed by atoms with Gasteiger partial charge in [0, 0.05) is 6.54 Å². The summed E-state index contributed by atoms with van der Waals surface area (Å²) in [6.07, 6.45) is -1.57. The highest BCUT2D eigenvalue weighted by Gasteiger charge is 2.31. The van der Waals surface area contributed by atoms with E-state index in [-0.39, 0.29) is 19.1 Å². The molecule has 6 nitrogen and oxygen atoms in total. The Hall–Kier alpha value is -1.92. The molecular weight excluding hydrogens is 274 g/mol. The molecule has 1 amide bonds. The Morgan fingerprint density at radius 1 is 1.43 bits per heavy atom. The van der Waals surface area contributed by atoms with Crippen LogP contribution in [0.4, 0.5) is 0 Å². The number of carbonyl (C=O) groups is 2. The van der Waals surface area contributed by atoms with Crippen molar-refractivity contribution in [1.82, 2.24) is 4.90 Å². The van der Waals surface area contributed by atoms with Gasteiger partial charge in [-0.1, -0.05) is 30.3 Å². The number of carboxylic acid groups (broad SMARTS) is 1. The lowest BCUT2D eigenvalue weighted by Crippen LogP contribution is -2.51. The average Bonchev–Trinajstić information content (AvgIpc) is 2.53. The second kappa shape index (κ2) is 7.19. The molecule has 0 saturated carbocycles. The molecule has 1 fully saturated rings. The Bertz CT molecular complexity index is 490. The number of aliphatic carboxylic acids is 1. The third kappa shape index (κ3) is 4.27. The van der Waals surface area contributed by atoms with Gasteiger partial charge in [-0.05, 0) is 12.5 Å². The van der Waals surface area contributed by atoms with Crippen LogP contribution in [-0.2, 0) is 25.7 Å². The standard InChI is InChI=1S/C15H19NO5/c1-11(21-10-12-5-3-2-4-6-12)14(17)16-7-8-20-13(9-16)15(18)19/h2-6,11,13H,7-10H2,1H3,(H,18,19)/t11-,13-/m0/s1. The molecule has 1 aliphatic rings. The number of ether oxygens (including phenoxy) is 2. The van der Waals surface area contributed by atoms with E-state index in [9.17, 15) is 9.59 Å². The first kappa shape index (κ1) is 15.5. The minimum atomic E-state index is -1.05. The molecule has 2 atom stereocenters. The fourth-order valence-corrected chi connectivity index (χ4v) is 2.12. The fraction of sp³-hybridized carbons (Fsp3) is 0.467. The minimum absolute atomic E-state index is 0.0627. The predicted octanol–water partition coefficient (Wildman–Crippen LogP) is 0.904. The van der Waals surface area contributed by atoms with Crippen molar-refractivity contribution in [2.24, 2.45) is 0 Å². The van der Waals surface area contributed by atoms with E-state index in [4.69, 9.17) is 14.6 Å². The lowest BCUT2D eigenvalue weighted by molar-refractivity contribution is -0.163. The predicted molar refractivity (Wildman–Crippen MR) is 74.6 cm³/mol. The topological polar surface area (TPSA) is 76.1 Å². The number of hydrogen-bond acceptors (Lipinski definition) is 4. The molecule has 1 aromatic carbocycles. The Balaban J connectivity index is 1.85. The summed E-state index contributed by atoms with van der Waals surface area (Å²) in [7, 11) is 0. The number of carboxylic acids is 1. The van der Waals surface area contributed by atoms with Crippen LogP contribution in [0.3, 0.4) is 0 Å². The van der Waals surface area contributed by atoms with Gasteiger partial charge in [0.05, 0.1) is 19.8 Å². The zero-order valence-electron chi connectivity index (χ0n) is 11.9. The number of morpholine rings is 1. The molecule has 0 unspecified atom stereocenters. The van der Waals surface area contributed by atoms with Crippen molar-refractivity contribution in [1.29, 1.82) is 0 Å². The van der Waals surface area contributed by atoms with Crippen molar-refractivity contribution in [3.05, 3.63) is 35.9 Å². The van der Waals surface area contributed by atoms with E-state index in [1.54, 1.807) is 6.92 Å². The molecule has 0 aliphatic carbocycles. The van der Waals surface area contributed by atoms with Crippen molar-refractivity contribution in [2.45, 2.75) is 25.7 Å². The third-order valence-electron chi connectivity index (χ3n) is 3.34. The van der Waals surface area contributed by atoms with Gasteiger partial charge in [0.15, 0.2) is 6.10 Å². The van der Waals surface area contributed by atoms with Crippen molar-refractivity contribution in [3.63, 3.8) is 0 Å². The smallest absolute Gasteiger partial charge is 0.334 e. The van der Waals surface area contributed by atoms with Crippen molar-refractivity contribution < 1.29 is 24.2 Å². The van der Waals surface area contributed by atoms with Crippen molar-refractivity contribution in [2.75, 3.05) is 19.7 Å². The van der Waals surface area contributed by atoms with E-state index < -0.39 is 18.2 Å². The summed E-state index contributed by atoms with van der Waals surface area (Å²) in [6.45, 7) is 2.71. The maximum Gasteiger partial charge on any atom is 0.334 e. The Morgan fingerprint density at radius 3 is 2.81 bits per heavy atom. The van der Waals surface area contributed by atoms with E-state index in [1.165, 1.54) is 4.90 Å². The molecule has 0 bridgehead atoms. The average molecular weight is 293 g/mol. The number of carbonyl (C=O) groups excluding carboxylic acids is 1. The molecule has 114 valence electrons. The first-order valence-corrected chi connectivity index (χ1v) is 6.86. The van der Waals surface area contributed by atoms with Crippen LogP contribution >= 0.6 is 0 Å². The van der Waals surface area contributed by atoms with E-state index in [2.05, 4.69) is 0 Å². The molecule has 6 heteroatoms. The normalized spacial score (nSPS) is 20.0. The van der Waals surface area contributed by atoms with Gasteiger partial charge in [-0.3, -0.25) is 4.79 Å². The second-order valence-corrected chi connectivity index (χ2v) is 4.92. The molecule has 1 heterocycles. The second-order valence-electron chi connectivity index (χ2n) is 4.92. The summed E-state index contributed by atoms with van der Waals surface area (Å²) in [5.74, 6) is -1.26. The maximum atomic E-state index is 12.2. The van der Waals surface area contributed by atoms with Crippen LogP contribution in [0.5, 0.6) is 0 Å². The van der Waals surface area contributed by atoms with Crippen LogP contribution in [0.1, 0.15) is 12.5 Å². The lowest BCUT2D eigenvalue weighted by atomic mass is 10.2. The van der Waals surface area contributed by atoms with Gasteiger partial charge in [0.2, 0.25) is 0 Å². The van der Waals surface area contributed by atoms with Crippen LogP contribution in [0.25, 0.3) is 0 Å². The molecule has 2 rings (SSSR count). The van der Waals surface area contributed by atoms with Crippen LogP contribution in [0.15, 0.2) is 30.3 Å². The molecule has 1 saturated heterocycles. The number of hydrogen-bond donors (Lipinski definition) is 1. The van der Waals surface area contributed by atoms with Gasteiger partial charge >= 0.3 is 5.97 Å². The lowest BCUT2D eigenvalue weighted by Gasteiger charge is -2.32. The molecule has 0 radical (unpaired) electrons. The number of nitrogens with zero attached hydrogens (tertiary/aromatic N) is 1. The van der Waals surface area contributed by atoms with Crippen LogP contribution in [0, 0.1) is 0 Å². The molecule has 0 aromatic heterocycles. The molecule has 1 N–H and O–H groups in total. The maximum absolute atomic E-state index is 12.2. The number of benzene rings is 1. The van der Waals surface area contributed by atoms with Gasteiger partial charge in [0.25, 0.3) is 5.91 Å². The monoisotopic (exact) mass is 293 g/mol. The Kier molecular flexibility index (Phi) is 5.30. The number of rotatable bonds is 5. The van der Waals surface area contributed by atoms with E-state index in [1.807, 2.05) is 30.3 Å². The van der Waals surface area contributed by atoms with Gasteiger partial charge in [-0.25, -0.2) is 4.79 Å². The first-order valence-electron chi connectivity index (χ1n) is 6.86. The molecular formula is C15H19NO5. The zero-order chi connectivity index (χ0) is 15.2. The summed E-state index contributed by atoms with van der Waals surface area (Å²) >= 11 is 0. The Labute approximate surface area is 123 Å². The van der Waals surface area contributed by atoms with Crippen LogP contribution in [0.2, 0.25) is 0 Å². The van der Waals surface area contributed by atoms with Crippen LogP contribution in [-0.4, -0.2) is 53.8 Å². The SMILES string of the molecule is C[C@H](OCc1ccccc1)C(=O)N1CCO[C@H](C(=O)O)C1. The quantitative estimate of drug-likeness (QED) is 0.873. The van der Waals surface area contributed by atoms with Crippen molar-refractivity contribution in [3.8, 4) is 0 Å². The highest BCUT2D eigenvalue weighted by atomic mass is 16.5. The molecule has 21 heavy (non-hydrogen) atoms. The molecule has 0 spiro atoms. The van der Waals surface area contributed by atoms with Crippen LogP contribution < -0.4 is 0 Å². The summed E-state index contributed by atoms with van der Waals surface area (Å²) in [5, 5.41) is 8.93. The van der Waals surface area contributed by atoms with E-state index >= 15 is 0 Å². The summed E-state index contributed by atoms with van der Waals surface area (Å²) < 4.78 is 10.7. The highest BCUT2D eigenvalue weighted by molar-refractivity contribution is 5.82. The van der Waals surface area contributed by atoms with Gasteiger partial charge in [0.1, 0.15) is 6.10 Å². The minimum Gasteiger partial charge on any atom is -0.479 e. The number of amides is 1. The summed E-state index contributed by atoms with van der Waals surface area (Å²) in [6, 6.07) is 9.58. The molecule has 1 aromatic rings.